The van der Waals surface area contributed by atoms with Gasteiger partial charge in [0.05, 0.1) is 0 Å². The van der Waals surface area contributed by atoms with Gasteiger partial charge in [-0.05, 0) is 36.8 Å². The molecule has 2 aromatic carbocycles. The highest BCUT2D eigenvalue weighted by Crippen LogP contribution is 2.24. The topological polar surface area (TPSA) is 32.5 Å². The summed E-state index contributed by atoms with van der Waals surface area (Å²) in [4.78, 5) is 4.75. The molecule has 1 unspecified atom stereocenters. The fraction of sp³-hybridized carbons (Fsp3) is 0.368. The van der Waals surface area contributed by atoms with Gasteiger partial charge in [-0.1, -0.05) is 29.8 Å². The van der Waals surface area contributed by atoms with Crippen LogP contribution in [0.2, 0.25) is 0 Å². The summed E-state index contributed by atoms with van der Waals surface area (Å²) in [6, 6.07) is 15.7. The molecule has 0 radical (unpaired) electrons. The van der Waals surface area contributed by atoms with Crippen LogP contribution >= 0.6 is 0 Å². The number of rotatable bonds is 4. The Morgan fingerprint density at radius 1 is 0.957 bits per heavy atom. The van der Waals surface area contributed by atoms with Crippen molar-refractivity contribution < 1.29 is 4.39 Å². The van der Waals surface area contributed by atoms with E-state index in [0.29, 0.717) is 6.54 Å². The molecular weight excluding hydrogens is 289 g/mol. The maximum absolute atomic E-state index is 13.0. The summed E-state index contributed by atoms with van der Waals surface area (Å²) < 4.78 is 13.0. The van der Waals surface area contributed by atoms with Crippen LogP contribution in [0, 0.1) is 12.7 Å². The summed E-state index contributed by atoms with van der Waals surface area (Å²) in [6.45, 7) is 6.53. The molecule has 23 heavy (non-hydrogen) atoms. The van der Waals surface area contributed by atoms with Crippen molar-refractivity contribution in [2.24, 2.45) is 5.73 Å². The van der Waals surface area contributed by atoms with Crippen LogP contribution < -0.4 is 10.6 Å². The molecular formula is C19H24FN3. The predicted octanol–water partition coefficient (Wildman–Crippen LogP) is 2.96. The monoisotopic (exact) mass is 313 g/mol. The van der Waals surface area contributed by atoms with Crippen LogP contribution in [0.3, 0.4) is 0 Å². The van der Waals surface area contributed by atoms with Crippen molar-refractivity contribution >= 4 is 5.69 Å². The van der Waals surface area contributed by atoms with E-state index in [2.05, 4.69) is 41.0 Å². The minimum absolute atomic E-state index is 0.185. The van der Waals surface area contributed by atoms with Gasteiger partial charge in [0.15, 0.2) is 0 Å². The van der Waals surface area contributed by atoms with Gasteiger partial charge in [-0.15, -0.1) is 0 Å². The van der Waals surface area contributed by atoms with Crippen LogP contribution in [-0.4, -0.2) is 37.6 Å². The van der Waals surface area contributed by atoms with Crippen LogP contribution in [0.4, 0.5) is 10.1 Å². The number of benzene rings is 2. The number of halogens is 1. The van der Waals surface area contributed by atoms with Crippen molar-refractivity contribution in [2.75, 3.05) is 37.6 Å². The smallest absolute Gasteiger partial charge is 0.123 e. The molecule has 122 valence electrons. The molecule has 0 aromatic heterocycles. The highest BCUT2D eigenvalue weighted by Gasteiger charge is 2.24. The fourth-order valence-corrected chi connectivity index (χ4v) is 3.23. The van der Waals surface area contributed by atoms with Crippen LogP contribution in [0.5, 0.6) is 0 Å². The number of hydrogen-bond donors (Lipinski definition) is 1. The maximum Gasteiger partial charge on any atom is 0.123 e. The van der Waals surface area contributed by atoms with E-state index < -0.39 is 0 Å². The third-order valence-electron chi connectivity index (χ3n) is 4.63. The Balaban J connectivity index is 1.65. The van der Waals surface area contributed by atoms with Crippen LogP contribution in [-0.2, 0) is 0 Å². The lowest BCUT2D eigenvalue weighted by Crippen LogP contribution is -2.49. The molecule has 0 spiro atoms. The van der Waals surface area contributed by atoms with Crippen molar-refractivity contribution in [3.8, 4) is 0 Å². The minimum Gasteiger partial charge on any atom is -0.369 e. The first-order valence-corrected chi connectivity index (χ1v) is 8.18. The predicted molar refractivity (Wildman–Crippen MR) is 93.2 cm³/mol. The molecule has 3 rings (SSSR count). The summed E-state index contributed by atoms with van der Waals surface area (Å²) in [5, 5.41) is 0. The van der Waals surface area contributed by atoms with Crippen LogP contribution in [0.1, 0.15) is 17.2 Å². The standard InChI is InChI=1S/C19H24FN3/c1-15-2-4-16(5-3-15)19(14-21)23-12-10-22(11-13-23)18-8-6-17(20)7-9-18/h2-9,19H,10-14,21H2,1H3. The Morgan fingerprint density at radius 2 is 1.57 bits per heavy atom. The lowest BCUT2D eigenvalue weighted by molar-refractivity contribution is 0.190. The number of nitrogens with two attached hydrogens (primary N) is 1. The summed E-state index contributed by atoms with van der Waals surface area (Å²) in [5.41, 5.74) is 9.68. The summed E-state index contributed by atoms with van der Waals surface area (Å²) in [5.74, 6) is -0.185. The average Bonchev–Trinajstić information content (AvgIpc) is 2.59. The second-order valence-corrected chi connectivity index (χ2v) is 6.16. The third-order valence-corrected chi connectivity index (χ3v) is 4.63. The van der Waals surface area contributed by atoms with Crippen molar-refractivity contribution in [1.29, 1.82) is 0 Å². The van der Waals surface area contributed by atoms with E-state index in [1.807, 2.05) is 12.1 Å². The van der Waals surface area contributed by atoms with Crippen LogP contribution in [0.15, 0.2) is 48.5 Å². The number of aryl methyl sites for hydroxylation is 1. The van der Waals surface area contributed by atoms with E-state index >= 15 is 0 Å². The number of piperazine rings is 1. The lowest BCUT2D eigenvalue weighted by atomic mass is 10.0. The zero-order valence-electron chi connectivity index (χ0n) is 13.6. The van der Waals surface area contributed by atoms with Gasteiger partial charge in [0.1, 0.15) is 5.82 Å². The van der Waals surface area contributed by atoms with Gasteiger partial charge in [0.2, 0.25) is 0 Å². The van der Waals surface area contributed by atoms with E-state index in [1.165, 1.54) is 23.3 Å². The number of anilines is 1. The Hall–Kier alpha value is -1.91. The molecule has 1 atom stereocenters. The molecule has 1 aliphatic heterocycles. The summed E-state index contributed by atoms with van der Waals surface area (Å²) in [6.07, 6.45) is 0. The van der Waals surface area contributed by atoms with Gasteiger partial charge >= 0.3 is 0 Å². The van der Waals surface area contributed by atoms with Crippen molar-refractivity contribution in [3.05, 3.63) is 65.5 Å². The second kappa shape index (κ2) is 7.11. The Morgan fingerprint density at radius 3 is 2.13 bits per heavy atom. The molecule has 0 aliphatic carbocycles. The van der Waals surface area contributed by atoms with Crippen molar-refractivity contribution in [2.45, 2.75) is 13.0 Å². The van der Waals surface area contributed by atoms with Gasteiger partial charge < -0.3 is 10.6 Å². The minimum atomic E-state index is -0.185. The Kier molecular flexibility index (Phi) is 4.94. The van der Waals surface area contributed by atoms with Crippen LogP contribution in [0.25, 0.3) is 0 Å². The Bertz CT molecular complexity index is 616. The maximum atomic E-state index is 13.0. The van der Waals surface area contributed by atoms with E-state index in [4.69, 9.17) is 5.73 Å². The molecule has 1 heterocycles. The molecule has 0 saturated carbocycles. The molecule has 0 amide bonds. The van der Waals surface area contributed by atoms with E-state index in [0.717, 1.165) is 31.9 Å². The molecule has 0 bridgehead atoms. The molecule has 4 heteroatoms. The molecule has 1 fully saturated rings. The van der Waals surface area contributed by atoms with Gasteiger partial charge in [-0.25, -0.2) is 4.39 Å². The first-order valence-electron chi connectivity index (χ1n) is 8.18. The summed E-state index contributed by atoms with van der Waals surface area (Å²) >= 11 is 0. The quantitative estimate of drug-likeness (QED) is 0.942. The fourth-order valence-electron chi connectivity index (χ4n) is 3.23. The summed E-state index contributed by atoms with van der Waals surface area (Å²) in [7, 11) is 0. The van der Waals surface area contributed by atoms with Crippen molar-refractivity contribution in [1.82, 2.24) is 4.90 Å². The van der Waals surface area contributed by atoms with E-state index in [1.54, 1.807) is 0 Å². The van der Waals surface area contributed by atoms with Gasteiger partial charge in [-0.2, -0.15) is 0 Å². The van der Waals surface area contributed by atoms with E-state index in [-0.39, 0.29) is 11.9 Å². The number of nitrogens with zero attached hydrogens (tertiary/aromatic N) is 2. The van der Waals surface area contributed by atoms with E-state index in [9.17, 15) is 4.39 Å². The second-order valence-electron chi connectivity index (χ2n) is 6.16. The molecule has 3 nitrogen and oxygen atoms in total. The molecule has 2 aromatic rings. The molecule has 2 N–H and O–H groups in total. The largest absolute Gasteiger partial charge is 0.369 e. The highest BCUT2D eigenvalue weighted by molar-refractivity contribution is 5.46. The SMILES string of the molecule is Cc1ccc(C(CN)N2CCN(c3ccc(F)cc3)CC2)cc1. The Labute approximate surface area is 137 Å². The van der Waals surface area contributed by atoms with Gasteiger partial charge in [-0.3, -0.25) is 4.90 Å². The normalized spacial score (nSPS) is 17.3. The zero-order valence-corrected chi connectivity index (χ0v) is 13.6. The first kappa shape index (κ1) is 16.0. The highest BCUT2D eigenvalue weighted by atomic mass is 19.1. The first-order chi connectivity index (χ1) is 11.2. The van der Waals surface area contributed by atoms with Gasteiger partial charge in [0, 0.05) is 44.5 Å². The molecule has 1 saturated heterocycles. The number of hydrogen-bond acceptors (Lipinski definition) is 3. The van der Waals surface area contributed by atoms with Crippen molar-refractivity contribution in [3.63, 3.8) is 0 Å². The third kappa shape index (κ3) is 3.71. The lowest BCUT2D eigenvalue weighted by Gasteiger charge is -2.40. The zero-order chi connectivity index (χ0) is 16.2. The van der Waals surface area contributed by atoms with Gasteiger partial charge in [0.25, 0.3) is 0 Å². The molecule has 1 aliphatic rings. The average molecular weight is 313 g/mol.